The van der Waals surface area contributed by atoms with Crippen LogP contribution in [0.2, 0.25) is 0 Å². The van der Waals surface area contributed by atoms with Crippen molar-refractivity contribution in [1.82, 2.24) is 16.0 Å². The Morgan fingerprint density at radius 3 is 1.79 bits per heavy atom. The zero-order valence-corrected chi connectivity index (χ0v) is 45.6. The second kappa shape index (κ2) is 33.3. The lowest BCUT2D eigenvalue weighted by atomic mass is 9.88. The number of carbonyl (C=O) groups is 5. The minimum Gasteiger partial charge on any atom is -0.477 e. The summed E-state index contributed by atoms with van der Waals surface area (Å²) in [6, 6.07) is -4.58. The first kappa shape index (κ1) is 69.3. The molecule has 0 aliphatic carbocycles. The van der Waals surface area contributed by atoms with Crippen LogP contribution in [0.5, 0.6) is 0 Å². The van der Waals surface area contributed by atoms with Gasteiger partial charge in [0.05, 0.1) is 57.3 Å². The van der Waals surface area contributed by atoms with Gasteiger partial charge in [-0.1, -0.05) is 56.4 Å². The Hall–Kier alpha value is -3.20. The Morgan fingerprint density at radius 1 is 0.675 bits per heavy atom. The molecule has 0 unspecified atom stereocenters. The van der Waals surface area contributed by atoms with Gasteiger partial charge in [-0.05, 0) is 12.8 Å². The van der Waals surface area contributed by atoms with Crippen LogP contribution in [0.25, 0.3) is 0 Å². The molecule has 0 aromatic heterocycles. The van der Waals surface area contributed by atoms with Crippen LogP contribution in [-0.4, -0.2) is 280 Å². The van der Waals surface area contributed by atoms with E-state index in [9.17, 15) is 95.5 Å². The number of aliphatic carboxylic acids is 1. The minimum absolute atomic E-state index is 0.100. The molecule has 30 nitrogen and oxygen atoms in total. The topological polar surface area (TPSA) is 478 Å². The number of thioether (sulfide) groups is 1. The maximum absolute atomic E-state index is 13.4. The zero-order chi connectivity index (χ0) is 59.6. The maximum Gasteiger partial charge on any atom is 0.364 e. The molecule has 0 bridgehead atoms. The van der Waals surface area contributed by atoms with Crippen LogP contribution < -0.4 is 16.0 Å². The van der Waals surface area contributed by atoms with Gasteiger partial charge in [-0.3, -0.25) is 19.2 Å². The molecule has 0 spiro atoms. The number of rotatable bonds is 32. The van der Waals surface area contributed by atoms with Crippen LogP contribution in [0.1, 0.15) is 85.0 Å². The maximum atomic E-state index is 13.4. The van der Waals surface area contributed by atoms with Gasteiger partial charge in [-0.25, -0.2) is 4.79 Å². The molecule has 4 aliphatic rings. The number of amides is 3. The number of carboxylic acid groups (broad SMARTS) is 1. The molecular weight excluding hydrogens is 1090 g/mol. The monoisotopic (exact) mass is 1180 g/mol. The fourth-order valence-corrected chi connectivity index (χ4v) is 10.3. The summed E-state index contributed by atoms with van der Waals surface area (Å²) in [5.41, 5.74) is 0. The van der Waals surface area contributed by atoms with Crippen LogP contribution >= 0.6 is 11.8 Å². The van der Waals surface area contributed by atoms with Crippen molar-refractivity contribution in [2.75, 3.05) is 38.8 Å². The third kappa shape index (κ3) is 18.9. The minimum atomic E-state index is -3.28. The van der Waals surface area contributed by atoms with Crippen molar-refractivity contribution < 1.29 is 133 Å². The van der Waals surface area contributed by atoms with Gasteiger partial charge in [-0.2, -0.15) is 0 Å². The van der Waals surface area contributed by atoms with Gasteiger partial charge in [0, 0.05) is 39.4 Å². The Balaban J connectivity index is 1.58. The van der Waals surface area contributed by atoms with Gasteiger partial charge in [-0.15, -0.1) is 6.58 Å². The molecule has 80 heavy (non-hydrogen) atoms. The van der Waals surface area contributed by atoms with E-state index in [1.807, 2.05) is 0 Å². The molecule has 4 saturated heterocycles. The molecule has 0 radical (unpaired) electrons. The number of nitrogens with one attached hydrogen (secondary N) is 3. The van der Waals surface area contributed by atoms with E-state index >= 15 is 0 Å². The van der Waals surface area contributed by atoms with Crippen molar-refractivity contribution in [2.24, 2.45) is 0 Å². The van der Waals surface area contributed by atoms with Gasteiger partial charge in [0.1, 0.15) is 91.5 Å². The Morgan fingerprint density at radius 2 is 1.23 bits per heavy atom. The van der Waals surface area contributed by atoms with Crippen LogP contribution in [0.15, 0.2) is 12.7 Å². The quantitative estimate of drug-likeness (QED) is 0.0220. The average Bonchev–Trinajstić information content (AvgIpc) is 3.51. The molecule has 4 aliphatic heterocycles. The standard InChI is InChI=1S/C49H83N3O27S/c1-5-26(60)25(52-32(63)14-12-10-8-6-7-9-11-13-15-80-24(4)59)21-72-46-39(68)38(67)41(30(19-55)74-46)76-47-40(69)44(42(31(20-56)75-47)77-45-34(51-23(3)58)37(66)36(65)29(18-54)73-45)79-49(48(70)71)16-27(61)33(50-22(2)57)43(78-49)35(64)28(62)17-53/h5,25-31,33-47,53-56,60-62,64-69H,1,6-21H2,2-4H3,(H,50,57)(H,51,58)(H,52,63)(H,70,71)/t25-,26+,27-,28+,29+,30+,31+,33+,34+,35+,36-,37+,38+,39+,40+,41+,42-,43+,44+,45-,46+,47-,49-/m0/s1. The highest BCUT2D eigenvalue weighted by atomic mass is 32.2. The molecule has 0 aromatic rings. The van der Waals surface area contributed by atoms with E-state index in [2.05, 4.69) is 22.5 Å². The van der Waals surface area contributed by atoms with Gasteiger partial charge >= 0.3 is 5.97 Å². The molecular formula is C49H83N3O27S. The fraction of sp³-hybridized carbons (Fsp3) is 0.857. The summed E-state index contributed by atoms with van der Waals surface area (Å²) in [5.74, 6) is -6.68. The number of aliphatic hydroxyl groups is 13. The highest BCUT2D eigenvalue weighted by Crippen LogP contribution is 2.40. The normalized spacial score (nSPS) is 36.2. The number of carbonyl (C=O) groups excluding carboxylic acids is 4. The van der Waals surface area contributed by atoms with Gasteiger partial charge in [0.2, 0.25) is 17.7 Å². The lowest BCUT2D eigenvalue weighted by Crippen LogP contribution is -2.72. The summed E-state index contributed by atoms with van der Waals surface area (Å²) in [7, 11) is 0. The second-order valence-corrected chi connectivity index (χ2v) is 21.4. The van der Waals surface area contributed by atoms with Gasteiger partial charge in [0.25, 0.3) is 5.79 Å². The average molecular weight is 1180 g/mol. The smallest absolute Gasteiger partial charge is 0.364 e. The van der Waals surface area contributed by atoms with E-state index in [1.165, 1.54) is 11.8 Å². The number of hydrogen-bond donors (Lipinski definition) is 17. The van der Waals surface area contributed by atoms with Crippen molar-refractivity contribution in [1.29, 1.82) is 0 Å². The highest BCUT2D eigenvalue weighted by Gasteiger charge is 2.61. The number of carboxylic acids is 1. The first-order chi connectivity index (χ1) is 37.9. The van der Waals surface area contributed by atoms with E-state index in [4.69, 9.17) is 37.9 Å². The number of aliphatic hydroxyl groups excluding tert-OH is 13. The summed E-state index contributed by atoms with van der Waals surface area (Å²) in [6.45, 7) is 2.25. The lowest BCUT2D eigenvalue weighted by molar-refractivity contribution is -0.401. The van der Waals surface area contributed by atoms with Crippen molar-refractivity contribution in [3.8, 4) is 0 Å². The number of ether oxygens (including phenoxy) is 8. The van der Waals surface area contributed by atoms with E-state index in [1.54, 1.807) is 6.92 Å². The van der Waals surface area contributed by atoms with Gasteiger partial charge in [0.15, 0.2) is 24.0 Å². The van der Waals surface area contributed by atoms with Crippen molar-refractivity contribution in [3.63, 3.8) is 0 Å². The second-order valence-electron chi connectivity index (χ2n) is 20.2. The SMILES string of the molecule is C=C[C@@H](O)[C@H](CO[C@@H]1O[C@H](CO)[C@@H](O[C@@H]2O[C@H](CO)[C@H](O[C@@H]3O[C@H](CO)[C@H](O)[C@H](O)[C@H]3NC(C)=O)[C@H](O[C@]3(C(=O)O)C[C@H](O)[C@@H](NC(C)=O)[C@H]([C@H](O)[C@H](O)CO)O3)[C@H]2O)[C@H](O)[C@H]1O)NC(=O)CCCCCCCCCCSC(C)=O. The van der Waals surface area contributed by atoms with E-state index < -0.39 is 204 Å². The molecule has 4 heterocycles. The summed E-state index contributed by atoms with van der Waals surface area (Å²) >= 11 is 1.31. The van der Waals surface area contributed by atoms with Crippen LogP contribution in [0, 0.1) is 0 Å². The highest BCUT2D eigenvalue weighted by molar-refractivity contribution is 8.13. The summed E-state index contributed by atoms with van der Waals surface area (Å²) in [4.78, 5) is 62.0. The molecule has 4 rings (SSSR count). The van der Waals surface area contributed by atoms with E-state index in [-0.39, 0.29) is 11.5 Å². The number of hydrogen-bond acceptors (Lipinski definition) is 27. The lowest BCUT2D eigenvalue weighted by Gasteiger charge is -2.52. The molecule has 3 amide bonds. The van der Waals surface area contributed by atoms with Crippen LogP contribution in [0.3, 0.4) is 0 Å². The van der Waals surface area contributed by atoms with Crippen LogP contribution in [0.4, 0.5) is 0 Å². The van der Waals surface area contributed by atoms with Crippen molar-refractivity contribution >= 4 is 40.6 Å². The fourth-order valence-electron chi connectivity index (χ4n) is 9.71. The zero-order valence-electron chi connectivity index (χ0n) is 44.8. The molecule has 0 aromatic carbocycles. The van der Waals surface area contributed by atoms with Crippen molar-refractivity contribution in [3.05, 3.63) is 12.7 Å². The van der Waals surface area contributed by atoms with E-state index in [0.29, 0.717) is 6.42 Å². The number of unbranched alkanes of at least 4 members (excludes halogenated alkanes) is 7. The first-order valence-electron chi connectivity index (χ1n) is 26.5. The van der Waals surface area contributed by atoms with Crippen LogP contribution in [-0.2, 0) is 61.9 Å². The summed E-state index contributed by atoms with van der Waals surface area (Å²) in [6.07, 6.45) is -30.8. The third-order valence-corrected chi connectivity index (χ3v) is 14.9. The van der Waals surface area contributed by atoms with Crippen molar-refractivity contribution in [2.45, 2.75) is 225 Å². The Bertz CT molecular complexity index is 1950. The molecule has 31 heteroatoms. The third-order valence-electron chi connectivity index (χ3n) is 14.0. The molecule has 4 fully saturated rings. The van der Waals surface area contributed by atoms with E-state index in [0.717, 1.165) is 70.6 Å². The largest absolute Gasteiger partial charge is 0.477 e. The Labute approximate surface area is 465 Å². The summed E-state index contributed by atoms with van der Waals surface area (Å²) in [5, 5.41) is 160. The molecule has 462 valence electrons. The molecule has 23 atom stereocenters. The Kier molecular flexibility index (Phi) is 28.9. The van der Waals surface area contributed by atoms with Gasteiger partial charge < -0.3 is 125 Å². The molecule has 17 N–H and O–H groups in total. The predicted octanol–water partition coefficient (Wildman–Crippen LogP) is -6.41. The predicted molar refractivity (Wildman–Crippen MR) is 271 cm³/mol. The first-order valence-corrected chi connectivity index (χ1v) is 27.5. The molecule has 0 saturated carbocycles. The summed E-state index contributed by atoms with van der Waals surface area (Å²) < 4.78 is 46.9.